The summed E-state index contributed by atoms with van der Waals surface area (Å²) in [6.45, 7) is 9.24. The molecule has 0 bridgehead atoms. The molecule has 0 aliphatic rings. The van der Waals surface area contributed by atoms with Gasteiger partial charge in [-0.3, -0.25) is 9.59 Å². The second-order valence-corrected chi connectivity index (χ2v) is 6.92. The van der Waals surface area contributed by atoms with E-state index in [2.05, 4.69) is 10.6 Å². The number of carbonyl (C=O) groups is 2. The lowest BCUT2D eigenvalue weighted by Gasteiger charge is -2.25. The number of para-hydroxylation sites is 1. The summed E-state index contributed by atoms with van der Waals surface area (Å²) in [5.41, 5.74) is 1.50. The summed E-state index contributed by atoms with van der Waals surface area (Å²) in [7, 11) is 0. The van der Waals surface area contributed by atoms with E-state index in [0.29, 0.717) is 17.9 Å². The van der Waals surface area contributed by atoms with E-state index in [1.165, 1.54) is 6.26 Å². The Morgan fingerprint density at radius 2 is 1.89 bits per heavy atom. The molecule has 1 atom stereocenters. The van der Waals surface area contributed by atoms with Gasteiger partial charge in [0.15, 0.2) is 0 Å². The quantitative estimate of drug-likeness (QED) is 0.711. The molecule has 2 aromatic rings. The minimum absolute atomic E-state index is 0.0697. The van der Waals surface area contributed by atoms with Gasteiger partial charge in [-0.05, 0) is 38.0 Å². The van der Waals surface area contributed by atoms with Crippen molar-refractivity contribution in [2.75, 3.05) is 24.5 Å². The molecule has 2 amide bonds. The highest BCUT2D eigenvalue weighted by molar-refractivity contribution is 5.94. The van der Waals surface area contributed by atoms with Gasteiger partial charge >= 0.3 is 0 Å². The standard InChI is InChI=1S/C21H29N3O3/c1-5-24(18-9-7-6-8-10-18)13-20(25)22-12-19(15(2)3)23-21(26)17-11-16(4)27-14-17/h6-11,14-15,19H,5,12-13H2,1-4H3,(H,22,25)(H,23,26). The number of benzene rings is 1. The van der Waals surface area contributed by atoms with Crippen LogP contribution in [0.15, 0.2) is 47.1 Å². The van der Waals surface area contributed by atoms with Crippen LogP contribution in [0.2, 0.25) is 0 Å². The third kappa shape index (κ3) is 6.16. The molecule has 0 saturated heterocycles. The topological polar surface area (TPSA) is 74.6 Å². The molecule has 0 aliphatic heterocycles. The molecule has 1 aromatic heterocycles. The van der Waals surface area contributed by atoms with Crippen molar-refractivity contribution in [3.63, 3.8) is 0 Å². The lowest BCUT2D eigenvalue weighted by Crippen LogP contribution is -2.48. The normalized spacial score (nSPS) is 11.9. The van der Waals surface area contributed by atoms with Crippen LogP contribution in [0.3, 0.4) is 0 Å². The van der Waals surface area contributed by atoms with Crippen LogP contribution >= 0.6 is 0 Å². The number of carbonyl (C=O) groups excluding carboxylic acids is 2. The van der Waals surface area contributed by atoms with Gasteiger partial charge in [0.1, 0.15) is 12.0 Å². The molecule has 2 rings (SSSR count). The predicted octanol–water partition coefficient (Wildman–Crippen LogP) is 2.99. The second-order valence-electron chi connectivity index (χ2n) is 6.92. The predicted molar refractivity (Wildman–Crippen MR) is 107 cm³/mol. The number of nitrogens with one attached hydrogen (secondary N) is 2. The van der Waals surface area contributed by atoms with Gasteiger partial charge in [-0.1, -0.05) is 32.0 Å². The SMILES string of the molecule is CCN(CC(=O)NCC(NC(=O)c1coc(C)c1)C(C)C)c1ccccc1. The molecule has 0 fully saturated rings. The second kappa shape index (κ2) is 9.80. The van der Waals surface area contributed by atoms with Crippen molar-refractivity contribution < 1.29 is 14.0 Å². The zero-order chi connectivity index (χ0) is 19.8. The van der Waals surface area contributed by atoms with Gasteiger partial charge in [-0.15, -0.1) is 0 Å². The summed E-state index contributed by atoms with van der Waals surface area (Å²) >= 11 is 0. The molecule has 1 aromatic carbocycles. The maximum absolute atomic E-state index is 12.4. The van der Waals surface area contributed by atoms with Crippen molar-refractivity contribution in [1.82, 2.24) is 10.6 Å². The highest BCUT2D eigenvalue weighted by atomic mass is 16.3. The van der Waals surface area contributed by atoms with Gasteiger partial charge in [-0.25, -0.2) is 0 Å². The Kier molecular flexibility index (Phi) is 7.46. The summed E-state index contributed by atoms with van der Waals surface area (Å²) in [5, 5.41) is 5.92. The fourth-order valence-corrected chi connectivity index (χ4v) is 2.75. The molecule has 2 N–H and O–H groups in total. The van der Waals surface area contributed by atoms with Crippen LogP contribution in [0, 0.1) is 12.8 Å². The van der Waals surface area contributed by atoms with Crippen molar-refractivity contribution in [2.45, 2.75) is 33.7 Å². The van der Waals surface area contributed by atoms with Crippen molar-refractivity contribution in [1.29, 1.82) is 0 Å². The van der Waals surface area contributed by atoms with Crippen LogP contribution in [-0.4, -0.2) is 37.5 Å². The smallest absolute Gasteiger partial charge is 0.254 e. The first kappa shape index (κ1) is 20.6. The van der Waals surface area contributed by atoms with Gasteiger partial charge in [0.2, 0.25) is 5.91 Å². The molecular formula is C21H29N3O3. The van der Waals surface area contributed by atoms with Gasteiger partial charge in [0.05, 0.1) is 12.1 Å². The Morgan fingerprint density at radius 1 is 1.19 bits per heavy atom. The number of aryl methyl sites for hydroxylation is 1. The molecule has 6 heteroatoms. The molecule has 0 radical (unpaired) electrons. The Labute approximate surface area is 160 Å². The van der Waals surface area contributed by atoms with E-state index in [1.54, 1.807) is 13.0 Å². The van der Waals surface area contributed by atoms with Crippen LogP contribution in [0.4, 0.5) is 5.69 Å². The highest BCUT2D eigenvalue weighted by Crippen LogP contribution is 2.12. The molecule has 0 saturated carbocycles. The molecule has 0 aliphatic carbocycles. The van der Waals surface area contributed by atoms with Crippen molar-refractivity contribution in [2.24, 2.45) is 5.92 Å². The number of nitrogens with zero attached hydrogens (tertiary/aromatic N) is 1. The average molecular weight is 371 g/mol. The first-order valence-electron chi connectivity index (χ1n) is 9.33. The molecule has 27 heavy (non-hydrogen) atoms. The maximum Gasteiger partial charge on any atom is 0.254 e. The monoisotopic (exact) mass is 371 g/mol. The molecule has 1 unspecified atom stereocenters. The number of hydrogen-bond donors (Lipinski definition) is 2. The molecule has 0 spiro atoms. The largest absolute Gasteiger partial charge is 0.469 e. The molecular weight excluding hydrogens is 342 g/mol. The van der Waals surface area contributed by atoms with Crippen molar-refractivity contribution in [3.8, 4) is 0 Å². The Balaban J connectivity index is 1.89. The van der Waals surface area contributed by atoms with Gasteiger partial charge in [-0.2, -0.15) is 0 Å². The number of rotatable bonds is 9. The Morgan fingerprint density at radius 3 is 2.44 bits per heavy atom. The first-order valence-corrected chi connectivity index (χ1v) is 9.33. The minimum Gasteiger partial charge on any atom is -0.469 e. The van der Waals surface area contributed by atoms with E-state index in [1.807, 2.05) is 56.0 Å². The summed E-state index contributed by atoms with van der Waals surface area (Å²) in [5.74, 6) is 0.604. The van der Waals surface area contributed by atoms with Gasteiger partial charge < -0.3 is 20.0 Å². The Hall–Kier alpha value is -2.76. The molecule has 1 heterocycles. The third-order valence-corrected chi connectivity index (χ3v) is 4.47. The van der Waals surface area contributed by atoms with Crippen molar-refractivity contribution >= 4 is 17.5 Å². The van der Waals surface area contributed by atoms with E-state index in [9.17, 15) is 9.59 Å². The summed E-state index contributed by atoms with van der Waals surface area (Å²) in [6.07, 6.45) is 1.44. The lowest BCUT2D eigenvalue weighted by molar-refractivity contribution is -0.119. The van der Waals surface area contributed by atoms with Gasteiger partial charge in [0.25, 0.3) is 5.91 Å². The summed E-state index contributed by atoms with van der Waals surface area (Å²) in [4.78, 5) is 26.7. The van der Waals surface area contributed by atoms with Crippen LogP contribution in [0.25, 0.3) is 0 Å². The lowest BCUT2D eigenvalue weighted by atomic mass is 10.0. The fraction of sp³-hybridized carbons (Fsp3) is 0.429. The number of hydrogen-bond acceptors (Lipinski definition) is 4. The number of furan rings is 1. The number of amides is 2. The number of anilines is 1. The van der Waals surface area contributed by atoms with Crippen molar-refractivity contribution in [3.05, 3.63) is 54.0 Å². The van der Waals surface area contributed by atoms with E-state index >= 15 is 0 Å². The fourth-order valence-electron chi connectivity index (χ4n) is 2.75. The number of likely N-dealkylation sites (N-methyl/N-ethyl adjacent to an activating group) is 1. The van der Waals surface area contributed by atoms with Crippen LogP contribution in [0.5, 0.6) is 0 Å². The zero-order valence-electron chi connectivity index (χ0n) is 16.5. The zero-order valence-corrected chi connectivity index (χ0v) is 16.5. The van der Waals surface area contributed by atoms with E-state index in [-0.39, 0.29) is 30.3 Å². The average Bonchev–Trinajstić information content (AvgIpc) is 3.10. The first-order chi connectivity index (χ1) is 12.9. The van der Waals surface area contributed by atoms with E-state index < -0.39 is 0 Å². The maximum atomic E-state index is 12.4. The van der Waals surface area contributed by atoms with Gasteiger partial charge in [0, 0.05) is 24.8 Å². The van der Waals surface area contributed by atoms with Crippen LogP contribution in [0.1, 0.15) is 36.9 Å². The Bertz CT molecular complexity index is 740. The van der Waals surface area contributed by atoms with Crippen LogP contribution in [-0.2, 0) is 4.79 Å². The van der Waals surface area contributed by atoms with Crippen LogP contribution < -0.4 is 15.5 Å². The minimum atomic E-state index is -0.195. The summed E-state index contributed by atoms with van der Waals surface area (Å²) in [6, 6.07) is 11.4. The highest BCUT2D eigenvalue weighted by Gasteiger charge is 2.19. The third-order valence-electron chi connectivity index (χ3n) is 4.47. The molecule has 146 valence electrons. The summed E-state index contributed by atoms with van der Waals surface area (Å²) < 4.78 is 5.19. The van der Waals surface area contributed by atoms with E-state index in [4.69, 9.17) is 4.42 Å². The van der Waals surface area contributed by atoms with E-state index in [0.717, 1.165) is 12.2 Å². The molecule has 6 nitrogen and oxygen atoms in total.